The summed E-state index contributed by atoms with van der Waals surface area (Å²) in [6.07, 6.45) is -0.420. The zero-order valence-corrected chi connectivity index (χ0v) is 12.6. The number of hydrogen-bond acceptors (Lipinski definition) is 4. The fourth-order valence-corrected chi connectivity index (χ4v) is 4.01. The molecule has 4 nitrogen and oxygen atoms in total. The number of methoxy groups -OCH3 is 1. The first-order chi connectivity index (χ1) is 6.56. The van der Waals surface area contributed by atoms with Gasteiger partial charge >= 0.3 is 109 Å². The minimum absolute atomic E-state index is 0.0549. The van der Waals surface area contributed by atoms with Gasteiger partial charge in [-0.25, -0.2) is 0 Å². The fraction of sp³-hybridized carbons (Fsp3) is 0.875. The number of alkyl halides is 2. The third-order valence-electron chi connectivity index (χ3n) is 1.73. The molecule has 0 saturated carbocycles. The van der Waals surface area contributed by atoms with Gasteiger partial charge in [0, 0.05) is 0 Å². The van der Waals surface area contributed by atoms with E-state index < -0.39 is 6.29 Å². The van der Waals surface area contributed by atoms with Gasteiger partial charge in [0.15, 0.2) is 0 Å². The van der Waals surface area contributed by atoms with E-state index in [0.29, 0.717) is 4.05 Å². The Bertz CT molecular complexity index is 209. The van der Waals surface area contributed by atoms with Gasteiger partial charge in [0.2, 0.25) is 0 Å². The van der Waals surface area contributed by atoms with Crippen molar-refractivity contribution in [2.75, 3.05) is 7.11 Å². The summed E-state index contributed by atoms with van der Waals surface area (Å²) >= 11 is 2.18. The summed E-state index contributed by atoms with van der Waals surface area (Å²) in [7, 11) is 1.56. The van der Waals surface area contributed by atoms with Crippen LogP contribution in [0.2, 0.25) is 0 Å². The van der Waals surface area contributed by atoms with Crippen molar-refractivity contribution in [1.82, 2.24) is 3.53 Å². The molecule has 0 aromatic heterocycles. The quantitative estimate of drug-likeness (QED) is 0.104. The summed E-state index contributed by atoms with van der Waals surface area (Å²) in [5.41, 5.74) is 0. The zero-order valence-electron chi connectivity index (χ0n) is 8.29. The van der Waals surface area contributed by atoms with Crippen LogP contribution >= 0.6 is 22.6 Å². The van der Waals surface area contributed by atoms with E-state index in [-0.39, 0.29) is 37.3 Å². The molecule has 1 fully saturated rings. The van der Waals surface area contributed by atoms with Gasteiger partial charge in [-0.3, -0.25) is 0 Å². The van der Waals surface area contributed by atoms with Crippen LogP contribution in [0.3, 0.4) is 0 Å². The Balaban J connectivity index is 2.37. The number of rotatable bonds is 5. The number of carbonyl (C=O) groups is 1. The molecule has 0 amide bonds. The molecule has 3 atom stereocenters. The molecule has 0 radical (unpaired) electrons. The molecule has 1 rings (SSSR count). The molecule has 0 aromatic rings. The molecule has 1 heterocycles. The number of esters is 1. The maximum absolute atomic E-state index is 11.6. The predicted molar refractivity (Wildman–Crippen MR) is 56.5 cm³/mol. The molecule has 1 aliphatic rings. The Hall–Kier alpha value is 0.850. The summed E-state index contributed by atoms with van der Waals surface area (Å²) in [4.78, 5) is 11.6. The van der Waals surface area contributed by atoms with E-state index in [4.69, 9.17) is 9.47 Å². The average Bonchev–Trinajstić information content (AvgIpc) is 2.95. The first-order valence-electron chi connectivity index (χ1n) is 4.31. The molecule has 0 aromatic carbocycles. The van der Waals surface area contributed by atoms with Crippen molar-refractivity contribution in [2.45, 2.75) is 28.1 Å². The molecular weight excluding hydrogens is 412 g/mol. The van der Waals surface area contributed by atoms with Gasteiger partial charge in [-0.1, -0.05) is 0 Å². The molecule has 0 spiro atoms. The zero-order chi connectivity index (χ0) is 10.7. The van der Waals surface area contributed by atoms with Crippen LogP contribution in [0.4, 0.5) is 0 Å². The van der Waals surface area contributed by atoms with Gasteiger partial charge in [-0.2, -0.15) is 0 Å². The number of halogens is 2. The standard InChI is InChI=1S/C8H14I2NO3/c1-4(2)8(13-3)14-7(12)5(9)6-10-11-6/h4-6,8,11H,1-3H3/q-1. The van der Waals surface area contributed by atoms with Crippen molar-refractivity contribution in [2.24, 2.45) is 5.92 Å². The van der Waals surface area contributed by atoms with Crippen molar-refractivity contribution in [3.05, 3.63) is 0 Å². The molecule has 0 bridgehead atoms. The van der Waals surface area contributed by atoms with Gasteiger partial charge in [0.05, 0.1) is 0 Å². The second kappa shape index (κ2) is 5.80. The van der Waals surface area contributed by atoms with Gasteiger partial charge < -0.3 is 0 Å². The molecule has 6 heteroatoms. The topological polar surface area (TPSA) is 57.5 Å². The van der Waals surface area contributed by atoms with Crippen LogP contribution in [0.15, 0.2) is 0 Å². The SMILES string of the molecule is COC(OC(=O)C(I)C1N[I-]1)C(C)C. The second-order valence-corrected chi connectivity index (χ2v) is 7.24. The second-order valence-electron chi connectivity index (χ2n) is 3.31. The predicted octanol–water partition coefficient (Wildman–Crippen LogP) is -2.10. The summed E-state index contributed by atoms with van der Waals surface area (Å²) in [6, 6.07) is 0. The van der Waals surface area contributed by atoms with Crippen LogP contribution in [0.25, 0.3) is 0 Å². The number of carbonyl (C=O) groups excluding carboxylic acids is 1. The van der Waals surface area contributed by atoms with Gasteiger partial charge in [0.25, 0.3) is 0 Å². The summed E-state index contributed by atoms with van der Waals surface area (Å²) in [5.74, 6) is 0.0234. The Morgan fingerprint density at radius 2 is 2.14 bits per heavy atom. The summed E-state index contributed by atoms with van der Waals surface area (Å²) in [6.45, 7) is 3.93. The van der Waals surface area contributed by atoms with E-state index in [2.05, 4.69) is 26.1 Å². The Kier molecular flexibility index (Phi) is 5.36. The Morgan fingerprint density at radius 1 is 1.57 bits per heavy atom. The Morgan fingerprint density at radius 3 is 2.50 bits per heavy atom. The van der Waals surface area contributed by atoms with Crippen molar-refractivity contribution in [3.63, 3.8) is 0 Å². The van der Waals surface area contributed by atoms with Crippen molar-refractivity contribution in [1.29, 1.82) is 0 Å². The van der Waals surface area contributed by atoms with Crippen LogP contribution in [0, 0.1) is 5.92 Å². The van der Waals surface area contributed by atoms with Gasteiger partial charge in [-0.15, -0.1) is 0 Å². The third kappa shape index (κ3) is 3.78. The van der Waals surface area contributed by atoms with E-state index in [1.165, 1.54) is 0 Å². The minimum atomic E-state index is -0.420. The van der Waals surface area contributed by atoms with Crippen LogP contribution < -0.4 is 25.0 Å². The Labute approximate surface area is 108 Å². The molecule has 14 heavy (non-hydrogen) atoms. The molecule has 1 saturated heterocycles. The number of nitrogens with one attached hydrogen (secondary N) is 1. The van der Waals surface area contributed by atoms with E-state index in [1.54, 1.807) is 7.11 Å². The van der Waals surface area contributed by atoms with Crippen molar-refractivity contribution in [3.8, 4) is 0 Å². The van der Waals surface area contributed by atoms with Gasteiger partial charge in [-0.05, 0) is 0 Å². The summed E-state index contributed by atoms with van der Waals surface area (Å²) < 4.78 is 13.8. The first kappa shape index (κ1) is 12.9. The van der Waals surface area contributed by atoms with Crippen LogP contribution in [0.5, 0.6) is 0 Å². The van der Waals surface area contributed by atoms with E-state index >= 15 is 0 Å². The van der Waals surface area contributed by atoms with Crippen LogP contribution in [0.1, 0.15) is 13.8 Å². The molecule has 84 valence electrons. The fourth-order valence-electron chi connectivity index (χ4n) is 0.902. The number of ether oxygens (including phenoxy) is 2. The molecule has 3 unspecified atom stereocenters. The summed E-state index contributed by atoms with van der Waals surface area (Å²) in [5, 5.41) is 0. The molecule has 1 aliphatic heterocycles. The molecule has 0 aliphatic carbocycles. The first-order valence-corrected chi connectivity index (χ1v) is 7.88. The normalized spacial score (nSPS) is 25.1. The molecule has 1 N–H and O–H groups in total. The van der Waals surface area contributed by atoms with Crippen LogP contribution in [-0.2, 0) is 14.3 Å². The van der Waals surface area contributed by atoms with E-state index in [9.17, 15) is 4.79 Å². The third-order valence-corrected chi connectivity index (χ3v) is 6.39. The average molecular weight is 426 g/mol. The maximum atomic E-state index is 11.6. The number of hydrogen-bond donors (Lipinski definition) is 1. The van der Waals surface area contributed by atoms with E-state index in [0.717, 1.165) is 0 Å². The monoisotopic (exact) mass is 426 g/mol. The van der Waals surface area contributed by atoms with E-state index in [1.807, 2.05) is 13.8 Å². The van der Waals surface area contributed by atoms with Crippen LogP contribution in [-0.4, -0.2) is 27.3 Å². The molecular formula is C8H14I2NO3-. The van der Waals surface area contributed by atoms with Crippen molar-refractivity contribution >= 4 is 28.6 Å². The van der Waals surface area contributed by atoms with Crippen molar-refractivity contribution < 1.29 is 35.7 Å². The van der Waals surface area contributed by atoms with Gasteiger partial charge in [0.1, 0.15) is 0 Å².